The quantitative estimate of drug-likeness (QED) is 0.768. The Kier molecular flexibility index (Phi) is 3.33. The lowest BCUT2D eigenvalue weighted by Crippen LogP contribution is -2.20. The fraction of sp³-hybridized carbons (Fsp3) is 0.333. The van der Waals surface area contributed by atoms with E-state index in [-0.39, 0.29) is 11.0 Å². The highest BCUT2D eigenvalue weighted by Gasteiger charge is 2.22. The number of thioether (sulfide) groups is 1. The number of rotatable bonds is 2. The number of pyridine rings is 1. The van der Waals surface area contributed by atoms with Gasteiger partial charge in [0.1, 0.15) is 0 Å². The van der Waals surface area contributed by atoms with Gasteiger partial charge in [0.15, 0.2) is 5.78 Å². The van der Waals surface area contributed by atoms with Gasteiger partial charge >= 0.3 is 0 Å². The number of ketones is 1. The molecule has 0 aliphatic carbocycles. The number of nitrogens with zero attached hydrogens (tertiary/aromatic N) is 1. The summed E-state index contributed by atoms with van der Waals surface area (Å²) >= 11 is 1.80. The predicted molar refractivity (Wildman–Crippen MR) is 76.2 cm³/mol. The molecule has 0 radical (unpaired) electrons. The van der Waals surface area contributed by atoms with Crippen LogP contribution in [0.15, 0.2) is 36.5 Å². The molecule has 0 bridgehead atoms. The second-order valence-corrected chi connectivity index (χ2v) is 5.94. The van der Waals surface area contributed by atoms with Crippen molar-refractivity contribution < 1.29 is 4.79 Å². The van der Waals surface area contributed by atoms with Crippen LogP contribution in [0, 0.1) is 0 Å². The molecule has 1 aromatic carbocycles. The molecule has 3 rings (SSSR count). The molecule has 2 nitrogen and oxygen atoms in total. The van der Waals surface area contributed by atoms with Crippen molar-refractivity contribution in [3.8, 4) is 0 Å². The Bertz CT molecular complexity index is 575. The second kappa shape index (κ2) is 5.11. The van der Waals surface area contributed by atoms with E-state index in [4.69, 9.17) is 0 Å². The van der Waals surface area contributed by atoms with E-state index in [0.717, 1.165) is 28.6 Å². The minimum absolute atomic E-state index is 0.153. The molecule has 3 heteroatoms. The summed E-state index contributed by atoms with van der Waals surface area (Å²) in [4.78, 5) is 16.7. The van der Waals surface area contributed by atoms with E-state index in [0.29, 0.717) is 0 Å². The van der Waals surface area contributed by atoms with E-state index in [1.165, 1.54) is 12.8 Å². The van der Waals surface area contributed by atoms with Crippen molar-refractivity contribution in [2.75, 3.05) is 5.75 Å². The number of Topliss-reactive ketones (excluding diaryl/α,β-unsaturated/α-hetero) is 1. The van der Waals surface area contributed by atoms with Crippen molar-refractivity contribution in [2.24, 2.45) is 0 Å². The first kappa shape index (κ1) is 11.7. The van der Waals surface area contributed by atoms with Crippen molar-refractivity contribution in [1.29, 1.82) is 0 Å². The van der Waals surface area contributed by atoms with Gasteiger partial charge in [0.05, 0.1) is 10.8 Å². The Morgan fingerprint density at radius 2 is 2.22 bits per heavy atom. The van der Waals surface area contributed by atoms with Gasteiger partial charge in [0.25, 0.3) is 0 Å². The van der Waals surface area contributed by atoms with Crippen molar-refractivity contribution in [3.05, 3.63) is 42.1 Å². The normalized spacial score (nSPS) is 19.9. The van der Waals surface area contributed by atoms with E-state index < -0.39 is 0 Å². The molecule has 0 spiro atoms. The Morgan fingerprint density at radius 3 is 3.06 bits per heavy atom. The molecule has 2 aromatic rings. The fourth-order valence-electron chi connectivity index (χ4n) is 2.35. The van der Waals surface area contributed by atoms with Gasteiger partial charge in [0, 0.05) is 17.1 Å². The summed E-state index contributed by atoms with van der Waals surface area (Å²) in [6.45, 7) is 0. The first-order valence-electron chi connectivity index (χ1n) is 6.35. The van der Waals surface area contributed by atoms with Crippen LogP contribution < -0.4 is 0 Å². The highest BCUT2D eigenvalue weighted by Crippen LogP contribution is 2.28. The largest absolute Gasteiger partial charge is 0.293 e. The van der Waals surface area contributed by atoms with Crippen LogP contribution in [0.4, 0.5) is 0 Å². The average Bonchev–Trinajstić information content (AvgIpc) is 2.47. The minimum Gasteiger partial charge on any atom is -0.293 e. The molecule has 1 saturated heterocycles. The third-order valence-corrected chi connectivity index (χ3v) is 4.74. The van der Waals surface area contributed by atoms with Crippen molar-refractivity contribution >= 4 is 28.4 Å². The first-order valence-corrected chi connectivity index (χ1v) is 7.40. The molecule has 1 atom stereocenters. The van der Waals surface area contributed by atoms with Crippen LogP contribution in [0.25, 0.3) is 10.9 Å². The molecule has 1 fully saturated rings. The maximum atomic E-state index is 12.4. The summed E-state index contributed by atoms with van der Waals surface area (Å²) in [6.07, 6.45) is 5.21. The van der Waals surface area contributed by atoms with Crippen molar-refractivity contribution in [3.63, 3.8) is 0 Å². The summed E-state index contributed by atoms with van der Waals surface area (Å²) in [5.41, 5.74) is 1.71. The maximum Gasteiger partial charge on any atom is 0.175 e. The molecule has 1 aliphatic heterocycles. The number of fused-ring (bicyclic) bond motifs is 1. The van der Waals surface area contributed by atoms with E-state index >= 15 is 0 Å². The van der Waals surface area contributed by atoms with Crippen LogP contribution >= 0.6 is 11.8 Å². The molecule has 0 N–H and O–H groups in total. The fourth-order valence-corrected chi connectivity index (χ4v) is 3.63. The Hall–Kier alpha value is -1.35. The number of aromatic nitrogens is 1. The van der Waals surface area contributed by atoms with Gasteiger partial charge in [-0.15, -0.1) is 0 Å². The molecule has 1 unspecified atom stereocenters. The van der Waals surface area contributed by atoms with E-state index in [1.807, 2.05) is 30.3 Å². The zero-order valence-corrected chi connectivity index (χ0v) is 11.0. The van der Waals surface area contributed by atoms with E-state index in [1.54, 1.807) is 18.0 Å². The molecule has 1 aromatic heterocycles. The minimum atomic E-state index is 0.153. The summed E-state index contributed by atoms with van der Waals surface area (Å²) in [5, 5.41) is 1.24. The monoisotopic (exact) mass is 257 g/mol. The first-order chi connectivity index (χ1) is 8.84. The lowest BCUT2D eigenvalue weighted by molar-refractivity contribution is 0.0985. The molecule has 1 aliphatic rings. The number of carbonyl (C=O) groups excluding carboxylic acids is 1. The third kappa shape index (κ3) is 2.27. The second-order valence-electron chi connectivity index (χ2n) is 4.63. The van der Waals surface area contributed by atoms with Gasteiger partial charge in [-0.25, -0.2) is 0 Å². The van der Waals surface area contributed by atoms with Gasteiger partial charge in [-0.3, -0.25) is 9.78 Å². The highest BCUT2D eigenvalue weighted by molar-refractivity contribution is 8.00. The van der Waals surface area contributed by atoms with Crippen molar-refractivity contribution in [2.45, 2.75) is 24.5 Å². The molecule has 0 amide bonds. The van der Waals surface area contributed by atoms with Gasteiger partial charge in [-0.05, 0) is 30.7 Å². The Labute approximate surface area is 111 Å². The lowest BCUT2D eigenvalue weighted by atomic mass is 10.0. The van der Waals surface area contributed by atoms with Gasteiger partial charge in [0.2, 0.25) is 0 Å². The molecule has 18 heavy (non-hydrogen) atoms. The summed E-state index contributed by atoms with van der Waals surface area (Å²) in [6, 6.07) is 9.78. The van der Waals surface area contributed by atoms with Crippen molar-refractivity contribution in [1.82, 2.24) is 4.98 Å². The lowest BCUT2D eigenvalue weighted by Gasteiger charge is -2.19. The standard InChI is InChI=1S/C15H15NOS/c17-15(14-5-1-2-9-18-14)12-7-6-11-4-3-8-16-13(11)10-12/h3-4,6-8,10,14H,1-2,5,9H2. The smallest absolute Gasteiger partial charge is 0.175 e. The van der Waals surface area contributed by atoms with Crippen LogP contribution in [0.2, 0.25) is 0 Å². The molecule has 92 valence electrons. The molecule has 0 saturated carbocycles. The van der Waals surface area contributed by atoms with E-state index in [2.05, 4.69) is 4.98 Å². The summed E-state index contributed by atoms with van der Waals surface area (Å²) < 4.78 is 0. The van der Waals surface area contributed by atoms with Gasteiger partial charge in [-0.2, -0.15) is 11.8 Å². The predicted octanol–water partition coefficient (Wildman–Crippen LogP) is 3.70. The molecule has 2 heterocycles. The average molecular weight is 257 g/mol. The Balaban J connectivity index is 1.91. The zero-order chi connectivity index (χ0) is 12.4. The highest BCUT2D eigenvalue weighted by atomic mass is 32.2. The number of carbonyl (C=O) groups is 1. The van der Waals surface area contributed by atoms with Crippen LogP contribution in [-0.2, 0) is 0 Å². The topological polar surface area (TPSA) is 30.0 Å². The van der Waals surface area contributed by atoms with Crippen LogP contribution in [0.3, 0.4) is 0 Å². The van der Waals surface area contributed by atoms with Gasteiger partial charge in [-0.1, -0.05) is 24.6 Å². The Morgan fingerprint density at radius 1 is 1.28 bits per heavy atom. The number of hydrogen-bond donors (Lipinski definition) is 0. The number of benzene rings is 1. The zero-order valence-electron chi connectivity index (χ0n) is 10.1. The maximum absolute atomic E-state index is 12.4. The van der Waals surface area contributed by atoms with Crippen LogP contribution in [0.5, 0.6) is 0 Å². The summed E-state index contributed by atoms with van der Waals surface area (Å²) in [5.74, 6) is 1.38. The van der Waals surface area contributed by atoms with Crippen LogP contribution in [0.1, 0.15) is 29.6 Å². The van der Waals surface area contributed by atoms with E-state index in [9.17, 15) is 4.79 Å². The molecular weight excluding hydrogens is 242 g/mol. The van der Waals surface area contributed by atoms with Crippen LogP contribution in [-0.4, -0.2) is 21.8 Å². The molecular formula is C15H15NOS. The van der Waals surface area contributed by atoms with Gasteiger partial charge < -0.3 is 0 Å². The SMILES string of the molecule is O=C(c1ccc2cccnc2c1)C1CCCCS1. The number of hydrogen-bond acceptors (Lipinski definition) is 3. The third-order valence-electron chi connectivity index (χ3n) is 3.36. The summed E-state index contributed by atoms with van der Waals surface area (Å²) in [7, 11) is 0.